The van der Waals surface area contributed by atoms with Gasteiger partial charge in [-0.25, -0.2) is 0 Å². The quantitative estimate of drug-likeness (QED) is 0.722. The molecule has 0 radical (unpaired) electrons. The van der Waals surface area contributed by atoms with Crippen LogP contribution in [-0.2, 0) is 14.3 Å². The Hall–Kier alpha value is -0.610. The summed E-state index contributed by atoms with van der Waals surface area (Å²) in [6, 6.07) is 0. The molecular weight excluding hydrogens is 278 g/mol. The summed E-state index contributed by atoms with van der Waals surface area (Å²) in [5.74, 6) is 0.667. The molecule has 1 fully saturated rings. The zero-order valence-corrected chi connectivity index (χ0v) is 15.6. The first-order valence-electron chi connectivity index (χ1n) is 8.55. The summed E-state index contributed by atoms with van der Waals surface area (Å²) in [7, 11) is 3.66. The normalized spacial score (nSPS) is 23.1. The molecule has 4 heteroatoms. The molecule has 1 rings (SSSR count). The second-order valence-electron chi connectivity index (χ2n) is 7.95. The number of ether oxygens (including phenoxy) is 2. The van der Waals surface area contributed by atoms with E-state index in [9.17, 15) is 4.79 Å². The van der Waals surface area contributed by atoms with Crippen molar-refractivity contribution in [1.82, 2.24) is 4.90 Å². The highest BCUT2D eigenvalue weighted by Gasteiger charge is 2.39. The van der Waals surface area contributed by atoms with Crippen LogP contribution in [0.25, 0.3) is 0 Å². The maximum Gasteiger partial charge on any atom is 0.228 e. The summed E-state index contributed by atoms with van der Waals surface area (Å²) in [6.45, 7) is 12.0. The third-order valence-electron chi connectivity index (χ3n) is 4.76. The molecule has 1 aliphatic rings. The number of carbonyl (C=O) groups is 1. The smallest absolute Gasteiger partial charge is 0.228 e. The molecule has 1 heterocycles. The molecule has 0 bridgehead atoms. The molecule has 1 aliphatic heterocycles. The van der Waals surface area contributed by atoms with E-state index in [1.165, 1.54) is 0 Å². The largest absolute Gasteiger partial charge is 0.381 e. The molecule has 0 aromatic heterocycles. The summed E-state index contributed by atoms with van der Waals surface area (Å²) in [5, 5.41) is 0. The van der Waals surface area contributed by atoms with Crippen LogP contribution in [0, 0.1) is 11.3 Å². The average molecular weight is 313 g/mol. The third-order valence-corrected chi connectivity index (χ3v) is 4.76. The van der Waals surface area contributed by atoms with Gasteiger partial charge in [0.2, 0.25) is 5.91 Å². The molecule has 2 atom stereocenters. The van der Waals surface area contributed by atoms with Gasteiger partial charge in [0.15, 0.2) is 0 Å². The molecule has 1 saturated heterocycles. The lowest BCUT2D eigenvalue weighted by Gasteiger charge is -2.41. The van der Waals surface area contributed by atoms with Crippen molar-refractivity contribution >= 4 is 5.91 Å². The number of nitrogens with zero attached hydrogens (tertiary/aromatic N) is 1. The lowest BCUT2D eigenvalue weighted by Crippen LogP contribution is -2.44. The Morgan fingerprint density at radius 3 is 2.59 bits per heavy atom. The van der Waals surface area contributed by atoms with E-state index in [4.69, 9.17) is 9.47 Å². The van der Waals surface area contributed by atoms with Crippen molar-refractivity contribution in [1.29, 1.82) is 0 Å². The predicted octanol–water partition coefficient (Wildman–Crippen LogP) is 3.49. The van der Waals surface area contributed by atoms with Crippen LogP contribution in [-0.4, -0.2) is 49.8 Å². The van der Waals surface area contributed by atoms with Crippen molar-refractivity contribution in [2.45, 2.75) is 72.0 Å². The van der Waals surface area contributed by atoms with Gasteiger partial charge >= 0.3 is 0 Å². The monoisotopic (exact) mass is 313 g/mol. The zero-order chi connectivity index (χ0) is 17.0. The van der Waals surface area contributed by atoms with E-state index in [1.54, 1.807) is 7.11 Å². The van der Waals surface area contributed by atoms with E-state index >= 15 is 0 Å². The molecule has 130 valence electrons. The van der Waals surface area contributed by atoms with Gasteiger partial charge in [0, 0.05) is 32.7 Å². The molecule has 0 spiro atoms. The second kappa shape index (κ2) is 7.78. The molecule has 4 nitrogen and oxygen atoms in total. The van der Waals surface area contributed by atoms with E-state index in [1.807, 2.05) is 25.8 Å². The van der Waals surface area contributed by atoms with Crippen LogP contribution in [0.5, 0.6) is 0 Å². The van der Waals surface area contributed by atoms with Crippen molar-refractivity contribution < 1.29 is 14.3 Å². The first kappa shape index (κ1) is 19.4. The Kier molecular flexibility index (Phi) is 6.87. The lowest BCUT2D eigenvalue weighted by molar-refractivity contribution is -0.143. The summed E-state index contributed by atoms with van der Waals surface area (Å²) in [4.78, 5) is 14.5. The van der Waals surface area contributed by atoms with Crippen molar-refractivity contribution in [3.05, 3.63) is 0 Å². The Labute approximate surface area is 136 Å². The fourth-order valence-electron chi connectivity index (χ4n) is 3.58. The van der Waals surface area contributed by atoms with Crippen LogP contribution in [0.2, 0.25) is 0 Å². The Bertz CT molecular complexity index is 365. The molecule has 0 N–H and O–H groups in total. The van der Waals surface area contributed by atoms with Crippen LogP contribution in [0.3, 0.4) is 0 Å². The van der Waals surface area contributed by atoms with Gasteiger partial charge in [-0.1, -0.05) is 20.8 Å². The van der Waals surface area contributed by atoms with Gasteiger partial charge in [0.05, 0.1) is 11.7 Å². The number of methoxy groups -OCH3 is 1. The second-order valence-corrected chi connectivity index (χ2v) is 7.95. The van der Waals surface area contributed by atoms with Gasteiger partial charge in [-0.3, -0.25) is 4.79 Å². The highest BCUT2D eigenvalue weighted by molar-refractivity contribution is 5.81. The third kappa shape index (κ3) is 5.24. The van der Waals surface area contributed by atoms with E-state index < -0.39 is 5.41 Å². The van der Waals surface area contributed by atoms with Crippen molar-refractivity contribution in [2.24, 2.45) is 11.3 Å². The fraction of sp³-hybridized carbons (Fsp3) is 0.944. The van der Waals surface area contributed by atoms with Crippen LogP contribution in [0.4, 0.5) is 0 Å². The van der Waals surface area contributed by atoms with E-state index in [0.29, 0.717) is 5.92 Å². The zero-order valence-electron chi connectivity index (χ0n) is 15.6. The standard InChI is InChI=1S/C18H35NO3/c1-8-10-19(6)16(20)17(2,3)13-15(21-7)14-9-11-22-18(4,5)12-14/h14-15H,8-13H2,1-7H3. The minimum absolute atomic E-state index is 0.0904. The average Bonchev–Trinajstić information content (AvgIpc) is 2.43. The van der Waals surface area contributed by atoms with Gasteiger partial charge in [-0.05, 0) is 45.4 Å². The van der Waals surface area contributed by atoms with Gasteiger partial charge in [-0.15, -0.1) is 0 Å². The topological polar surface area (TPSA) is 38.8 Å². The van der Waals surface area contributed by atoms with E-state index in [2.05, 4.69) is 20.8 Å². The van der Waals surface area contributed by atoms with Crippen molar-refractivity contribution in [3.8, 4) is 0 Å². The summed E-state index contributed by atoms with van der Waals surface area (Å²) in [5.41, 5.74) is -0.486. The first-order valence-corrected chi connectivity index (χ1v) is 8.55. The van der Waals surface area contributed by atoms with Gasteiger partial charge in [0.25, 0.3) is 0 Å². The van der Waals surface area contributed by atoms with Crippen molar-refractivity contribution in [3.63, 3.8) is 0 Å². The minimum Gasteiger partial charge on any atom is -0.381 e. The lowest BCUT2D eigenvalue weighted by atomic mass is 9.77. The molecule has 1 amide bonds. The Morgan fingerprint density at radius 1 is 1.45 bits per heavy atom. The molecule has 2 unspecified atom stereocenters. The molecule has 0 aliphatic carbocycles. The molecular formula is C18H35NO3. The van der Waals surface area contributed by atoms with Crippen LogP contribution >= 0.6 is 0 Å². The van der Waals surface area contributed by atoms with Crippen LogP contribution in [0.15, 0.2) is 0 Å². The highest BCUT2D eigenvalue weighted by Crippen LogP contribution is 2.36. The summed E-state index contributed by atoms with van der Waals surface area (Å²) < 4.78 is 11.6. The van der Waals surface area contributed by atoms with Gasteiger partial charge in [-0.2, -0.15) is 0 Å². The van der Waals surface area contributed by atoms with Crippen LogP contribution < -0.4 is 0 Å². The summed E-state index contributed by atoms with van der Waals surface area (Å²) in [6.07, 6.45) is 3.85. The van der Waals surface area contributed by atoms with Gasteiger partial charge < -0.3 is 14.4 Å². The number of carbonyl (C=O) groups excluding carboxylic acids is 1. The number of hydrogen-bond donors (Lipinski definition) is 0. The molecule has 0 aromatic carbocycles. The molecule has 0 saturated carbocycles. The van der Waals surface area contributed by atoms with Gasteiger partial charge in [0.1, 0.15) is 0 Å². The maximum absolute atomic E-state index is 12.7. The highest BCUT2D eigenvalue weighted by atomic mass is 16.5. The minimum atomic E-state index is -0.396. The predicted molar refractivity (Wildman–Crippen MR) is 89.9 cm³/mol. The SMILES string of the molecule is CCCN(C)C(=O)C(C)(C)CC(OC)C1CCOC(C)(C)C1. The number of hydrogen-bond acceptors (Lipinski definition) is 3. The Morgan fingerprint density at radius 2 is 2.09 bits per heavy atom. The fourth-order valence-corrected chi connectivity index (χ4v) is 3.58. The van der Waals surface area contributed by atoms with E-state index in [0.717, 1.165) is 38.8 Å². The summed E-state index contributed by atoms with van der Waals surface area (Å²) >= 11 is 0. The number of rotatable bonds is 7. The molecule has 0 aromatic rings. The van der Waals surface area contributed by atoms with E-state index in [-0.39, 0.29) is 17.6 Å². The Balaban J connectivity index is 2.73. The van der Waals surface area contributed by atoms with Crippen LogP contribution in [0.1, 0.15) is 60.3 Å². The maximum atomic E-state index is 12.7. The van der Waals surface area contributed by atoms with Crippen molar-refractivity contribution in [2.75, 3.05) is 27.3 Å². The first-order chi connectivity index (χ1) is 10.1. The molecule has 22 heavy (non-hydrogen) atoms. The number of amides is 1.